The van der Waals surface area contributed by atoms with Crippen LogP contribution in [0.25, 0.3) is 0 Å². The van der Waals surface area contributed by atoms with Crippen LogP contribution in [0.1, 0.15) is 51.6 Å². The quantitative estimate of drug-likeness (QED) is 0.608. The monoisotopic (exact) mass is 477 g/mol. The zero-order valence-electron chi connectivity index (χ0n) is 19.7. The van der Waals surface area contributed by atoms with Crippen molar-refractivity contribution >= 4 is 23.9 Å². The van der Waals surface area contributed by atoms with Crippen LogP contribution >= 0.6 is 0 Å². The van der Waals surface area contributed by atoms with E-state index in [1.54, 1.807) is 48.8 Å². The highest BCUT2D eigenvalue weighted by Crippen LogP contribution is 2.34. The molecule has 186 valence electrons. The van der Waals surface area contributed by atoms with Crippen LogP contribution in [0.5, 0.6) is 11.5 Å². The van der Waals surface area contributed by atoms with Gasteiger partial charge in [-0.25, -0.2) is 4.79 Å². The number of aliphatic carboxylic acids is 1. The Balaban J connectivity index is 1.48. The van der Waals surface area contributed by atoms with Crippen LogP contribution in [0.15, 0.2) is 18.2 Å². The molecule has 1 saturated heterocycles. The summed E-state index contributed by atoms with van der Waals surface area (Å²) in [6, 6.07) is 4.22. The molecule has 2 heterocycles. The number of benzene rings is 1. The maximum atomic E-state index is 12.6. The largest absolute Gasteiger partial charge is 0.481 e. The van der Waals surface area contributed by atoms with Crippen LogP contribution in [0.2, 0.25) is 0 Å². The first-order valence-corrected chi connectivity index (χ1v) is 11.2. The molecule has 2 aliphatic heterocycles. The second kappa shape index (κ2) is 10.6. The number of piperazine rings is 1. The van der Waals surface area contributed by atoms with Crippen molar-refractivity contribution in [1.29, 1.82) is 0 Å². The van der Waals surface area contributed by atoms with Crippen LogP contribution in [-0.2, 0) is 19.1 Å². The molecule has 11 heteroatoms. The number of nitrogens with zero attached hydrogens (tertiary/aromatic N) is 2. The Hall–Kier alpha value is -3.50. The Labute approximate surface area is 197 Å². The van der Waals surface area contributed by atoms with Crippen molar-refractivity contribution in [2.75, 3.05) is 33.0 Å². The number of ether oxygens (including phenoxy) is 3. The molecule has 1 atom stereocenters. The molecule has 11 nitrogen and oxygen atoms in total. The van der Waals surface area contributed by atoms with E-state index >= 15 is 0 Å². The molecule has 0 radical (unpaired) electrons. The summed E-state index contributed by atoms with van der Waals surface area (Å²) in [5.74, 6) is -0.646. The molecule has 2 aliphatic rings. The number of hydrogen-bond donors (Lipinski definition) is 2. The van der Waals surface area contributed by atoms with Gasteiger partial charge in [-0.2, -0.15) is 0 Å². The van der Waals surface area contributed by atoms with Crippen LogP contribution < -0.4 is 14.8 Å². The van der Waals surface area contributed by atoms with E-state index in [1.165, 1.54) is 0 Å². The first-order valence-electron chi connectivity index (χ1n) is 11.2. The number of carboxylic acids is 1. The van der Waals surface area contributed by atoms with Crippen LogP contribution in [0.3, 0.4) is 0 Å². The number of carbonyl (C=O) groups is 4. The Morgan fingerprint density at radius 2 is 1.68 bits per heavy atom. The molecule has 3 rings (SSSR count). The molecule has 1 aromatic rings. The molecule has 1 unspecified atom stereocenters. The maximum Gasteiger partial charge on any atom is 0.410 e. The lowest BCUT2D eigenvalue weighted by atomic mass is 10.0. The van der Waals surface area contributed by atoms with E-state index < -0.39 is 29.6 Å². The van der Waals surface area contributed by atoms with E-state index in [0.717, 1.165) is 0 Å². The van der Waals surface area contributed by atoms with Gasteiger partial charge in [-0.05, 0) is 38.5 Å². The lowest BCUT2D eigenvalue weighted by molar-refractivity contribution is -0.138. The van der Waals surface area contributed by atoms with Gasteiger partial charge in [0.2, 0.25) is 18.6 Å². The molecule has 0 saturated carbocycles. The minimum absolute atomic E-state index is 0.0147. The van der Waals surface area contributed by atoms with E-state index in [9.17, 15) is 24.3 Å². The predicted octanol–water partition coefficient (Wildman–Crippen LogP) is 1.91. The van der Waals surface area contributed by atoms with Crippen molar-refractivity contribution in [2.24, 2.45) is 0 Å². The average molecular weight is 478 g/mol. The van der Waals surface area contributed by atoms with Gasteiger partial charge < -0.3 is 34.4 Å². The Bertz CT molecular complexity index is 935. The summed E-state index contributed by atoms with van der Waals surface area (Å²) < 4.78 is 15.9. The van der Waals surface area contributed by atoms with E-state index in [-0.39, 0.29) is 32.0 Å². The van der Waals surface area contributed by atoms with Crippen molar-refractivity contribution in [3.63, 3.8) is 0 Å². The first-order chi connectivity index (χ1) is 16.0. The van der Waals surface area contributed by atoms with Crippen molar-refractivity contribution in [1.82, 2.24) is 15.1 Å². The zero-order chi connectivity index (χ0) is 24.9. The van der Waals surface area contributed by atoms with Crippen molar-refractivity contribution in [2.45, 2.75) is 51.7 Å². The number of carboxylic acid groups (broad SMARTS) is 1. The van der Waals surface area contributed by atoms with E-state index in [4.69, 9.17) is 14.2 Å². The molecule has 0 spiro atoms. The highest BCUT2D eigenvalue weighted by molar-refractivity contribution is 5.84. The number of carbonyl (C=O) groups excluding carboxylic acids is 3. The minimum Gasteiger partial charge on any atom is -0.481 e. The fourth-order valence-corrected chi connectivity index (χ4v) is 3.67. The number of rotatable bonds is 7. The molecule has 34 heavy (non-hydrogen) atoms. The molecule has 0 aliphatic carbocycles. The third-order valence-electron chi connectivity index (χ3n) is 5.36. The van der Waals surface area contributed by atoms with Crippen LogP contribution in [0, 0.1) is 0 Å². The lowest BCUT2D eigenvalue weighted by Gasteiger charge is -2.35. The van der Waals surface area contributed by atoms with Crippen molar-refractivity contribution < 1.29 is 38.5 Å². The van der Waals surface area contributed by atoms with Crippen LogP contribution in [-0.4, -0.2) is 77.4 Å². The molecule has 0 aromatic heterocycles. The van der Waals surface area contributed by atoms with Gasteiger partial charge in [0.1, 0.15) is 5.60 Å². The van der Waals surface area contributed by atoms with Gasteiger partial charge >= 0.3 is 12.1 Å². The second-order valence-electron chi connectivity index (χ2n) is 9.18. The molecule has 1 aromatic carbocycles. The minimum atomic E-state index is -1.07. The lowest BCUT2D eigenvalue weighted by Crippen LogP contribution is -2.51. The molecule has 0 bridgehead atoms. The summed E-state index contributed by atoms with van der Waals surface area (Å²) in [4.78, 5) is 51.7. The van der Waals surface area contributed by atoms with Crippen molar-refractivity contribution in [3.05, 3.63) is 23.8 Å². The molecular formula is C23H31N3O8. The number of hydrogen-bond acceptors (Lipinski definition) is 7. The number of nitrogens with one attached hydrogen (secondary N) is 1. The first kappa shape index (κ1) is 25.1. The topological polar surface area (TPSA) is 135 Å². The summed E-state index contributed by atoms with van der Waals surface area (Å²) in [6.45, 7) is 6.91. The molecule has 3 amide bonds. The van der Waals surface area contributed by atoms with Crippen molar-refractivity contribution in [3.8, 4) is 11.5 Å². The van der Waals surface area contributed by atoms with Gasteiger partial charge in [-0.15, -0.1) is 0 Å². The van der Waals surface area contributed by atoms with Gasteiger partial charge in [0, 0.05) is 39.0 Å². The predicted molar refractivity (Wildman–Crippen MR) is 119 cm³/mol. The third-order valence-corrected chi connectivity index (χ3v) is 5.36. The normalized spacial score (nSPS) is 16.1. The van der Waals surface area contributed by atoms with Gasteiger partial charge in [0.15, 0.2) is 11.5 Å². The SMILES string of the molecule is CC(C)(C)OC(=O)N1CCN(C(=O)CCC(=O)NC(CC(=O)O)c2ccc3c(c2)OCO3)CC1. The van der Waals surface area contributed by atoms with Gasteiger partial charge in [0.25, 0.3) is 0 Å². The number of amides is 3. The molecule has 2 N–H and O–H groups in total. The number of fused-ring (bicyclic) bond motifs is 1. The summed E-state index contributed by atoms with van der Waals surface area (Å²) in [5.41, 5.74) is -0.0131. The average Bonchev–Trinajstić information content (AvgIpc) is 3.23. The molecule has 1 fully saturated rings. The van der Waals surface area contributed by atoms with Gasteiger partial charge in [-0.3, -0.25) is 14.4 Å². The third kappa shape index (κ3) is 7.00. The summed E-state index contributed by atoms with van der Waals surface area (Å²) in [5, 5.41) is 12.0. The highest BCUT2D eigenvalue weighted by atomic mass is 16.7. The van der Waals surface area contributed by atoms with E-state index in [2.05, 4.69) is 5.32 Å². The fourth-order valence-electron chi connectivity index (χ4n) is 3.67. The van der Waals surface area contributed by atoms with E-state index in [0.29, 0.717) is 43.2 Å². The zero-order valence-corrected chi connectivity index (χ0v) is 19.7. The smallest absolute Gasteiger partial charge is 0.410 e. The Morgan fingerprint density at radius 3 is 2.32 bits per heavy atom. The Morgan fingerprint density at radius 1 is 1.03 bits per heavy atom. The summed E-state index contributed by atoms with van der Waals surface area (Å²) in [6.07, 6.45) is -0.816. The van der Waals surface area contributed by atoms with E-state index in [1.807, 2.05) is 0 Å². The maximum absolute atomic E-state index is 12.6. The van der Waals surface area contributed by atoms with Gasteiger partial charge in [0.05, 0.1) is 12.5 Å². The standard InChI is InChI=1S/C23H31N3O8/c1-23(2,3)34-22(31)26-10-8-25(9-11-26)20(28)7-6-19(27)24-16(13-21(29)30)15-4-5-17-18(12-15)33-14-32-17/h4-5,12,16H,6-11,13-14H2,1-3H3,(H,24,27)(H,29,30). The highest BCUT2D eigenvalue weighted by Gasteiger charge is 2.28. The summed E-state index contributed by atoms with van der Waals surface area (Å²) >= 11 is 0. The Kier molecular flexibility index (Phi) is 7.85. The second-order valence-corrected chi connectivity index (χ2v) is 9.18. The summed E-state index contributed by atoms with van der Waals surface area (Å²) in [7, 11) is 0. The van der Waals surface area contributed by atoms with Gasteiger partial charge in [-0.1, -0.05) is 6.07 Å². The molecular weight excluding hydrogens is 446 g/mol. The fraction of sp³-hybridized carbons (Fsp3) is 0.565. The van der Waals surface area contributed by atoms with Crippen LogP contribution in [0.4, 0.5) is 4.79 Å².